The molecule has 0 radical (unpaired) electrons. The van der Waals surface area contributed by atoms with Gasteiger partial charge in [-0.25, -0.2) is 38.3 Å². The number of carbonyl (C=O) groups is 2. The number of carboxylic acids is 2. The fraction of sp³-hybridized carbons (Fsp3) is 0.355. The molecular formula is C31H36F2N8O4. The van der Waals surface area contributed by atoms with Gasteiger partial charge in [0.1, 0.15) is 22.9 Å². The van der Waals surface area contributed by atoms with Crippen LogP contribution in [0.1, 0.15) is 37.0 Å². The number of aryl methyl sites for hydroxylation is 1. The molecule has 0 unspecified atom stereocenters. The summed E-state index contributed by atoms with van der Waals surface area (Å²) in [4.78, 5) is 41.3. The minimum Gasteiger partial charge on any atom is -0.478 e. The van der Waals surface area contributed by atoms with Crippen LogP contribution in [0, 0.1) is 18.6 Å². The van der Waals surface area contributed by atoms with Gasteiger partial charge in [-0.1, -0.05) is 6.07 Å². The van der Waals surface area contributed by atoms with E-state index in [1.807, 2.05) is 31.4 Å². The van der Waals surface area contributed by atoms with Crippen molar-refractivity contribution in [1.29, 1.82) is 0 Å². The Morgan fingerprint density at radius 3 is 2.42 bits per heavy atom. The van der Waals surface area contributed by atoms with Crippen LogP contribution < -0.4 is 5.32 Å². The first kappa shape index (κ1) is 33.1. The first-order valence-electron chi connectivity index (χ1n) is 14.3. The average molecular weight is 623 g/mol. The van der Waals surface area contributed by atoms with E-state index >= 15 is 0 Å². The van der Waals surface area contributed by atoms with E-state index in [1.165, 1.54) is 11.6 Å². The molecule has 0 spiro atoms. The number of carboxylic acid groups (broad SMARTS) is 2. The lowest BCUT2D eigenvalue weighted by molar-refractivity contribution is -0.134. The molecule has 1 aromatic carbocycles. The number of fused-ring (bicyclic) bond motifs is 2. The average Bonchev–Trinajstić information content (AvgIpc) is 3.32. The molecule has 0 atom stereocenters. The summed E-state index contributed by atoms with van der Waals surface area (Å²) in [6.45, 7) is 9.69. The van der Waals surface area contributed by atoms with E-state index in [0.717, 1.165) is 44.5 Å². The number of pyridine rings is 1. The highest BCUT2D eigenvalue weighted by molar-refractivity contribution is 5.89. The van der Waals surface area contributed by atoms with Gasteiger partial charge in [-0.15, -0.1) is 0 Å². The van der Waals surface area contributed by atoms with Gasteiger partial charge in [0.15, 0.2) is 11.6 Å². The predicted molar refractivity (Wildman–Crippen MR) is 165 cm³/mol. The Bertz CT molecular complexity index is 1720. The van der Waals surface area contributed by atoms with E-state index in [-0.39, 0.29) is 23.2 Å². The fourth-order valence-electron chi connectivity index (χ4n) is 5.02. The van der Waals surface area contributed by atoms with E-state index in [1.54, 1.807) is 6.07 Å². The molecule has 5 rings (SSSR count). The van der Waals surface area contributed by atoms with Crippen LogP contribution in [0.3, 0.4) is 0 Å². The fourth-order valence-corrected chi connectivity index (χ4v) is 5.02. The third kappa shape index (κ3) is 8.42. The van der Waals surface area contributed by atoms with Gasteiger partial charge in [0.05, 0.1) is 11.7 Å². The van der Waals surface area contributed by atoms with Gasteiger partial charge in [0.25, 0.3) is 0 Å². The topological polar surface area (TPSA) is 150 Å². The molecule has 4 aromatic rings. The minimum absolute atomic E-state index is 0.0157. The van der Waals surface area contributed by atoms with Crippen molar-refractivity contribution in [3.8, 4) is 11.3 Å². The molecule has 0 fully saturated rings. The molecule has 3 aromatic heterocycles. The normalized spacial score (nSPS) is 13.3. The van der Waals surface area contributed by atoms with E-state index in [9.17, 15) is 18.4 Å². The molecule has 1 aliphatic heterocycles. The molecule has 4 heterocycles. The van der Waals surface area contributed by atoms with Gasteiger partial charge in [-0.2, -0.15) is 0 Å². The lowest BCUT2D eigenvalue weighted by Gasteiger charge is -2.29. The molecule has 0 aliphatic carbocycles. The lowest BCUT2D eigenvalue weighted by Crippen LogP contribution is -2.36. The zero-order valence-electron chi connectivity index (χ0n) is 25.8. The van der Waals surface area contributed by atoms with Crippen molar-refractivity contribution >= 4 is 34.7 Å². The summed E-state index contributed by atoms with van der Waals surface area (Å²) < 4.78 is 31.7. The van der Waals surface area contributed by atoms with Crippen LogP contribution in [0.2, 0.25) is 0 Å². The number of aliphatic carboxylic acids is 2. The Morgan fingerprint density at radius 2 is 1.78 bits per heavy atom. The molecular weight excluding hydrogens is 586 g/mol. The number of imidazole rings is 1. The number of anilines is 2. The molecule has 0 bridgehead atoms. The van der Waals surface area contributed by atoms with Crippen LogP contribution in [0.4, 0.5) is 20.5 Å². The van der Waals surface area contributed by atoms with Crippen molar-refractivity contribution in [3.63, 3.8) is 0 Å². The summed E-state index contributed by atoms with van der Waals surface area (Å²) in [5, 5.41) is 18.7. The smallest absolute Gasteiger partial charge is 0.328 e. The number of likely N-dealkylation sites (N-methyl/N-ethyl adjacent to an activating group) is 1. The SMILES string of the molecule is Cc1nc2c(F)cc(-c3nc(Nc4ccc5c(n4)CCN(CCN(C)C)C5)ncc3F)cc2n1C(C)C.O=C(O)/C=C\C(=O)O. The van der Waals surface area contributed by atoms with Crippen LogP contribution >= 0.6 is 0 Å². The second-order valence-electron chi connectivity index (χ2n) is 11.1. The number of hydrogen-bond donors (Lipinski definition) is 3. The van der Waals surface area contributed by atoms with E-state index < -0.39 is 23.6 Å². The largest absolute Gasteiger partial charge is 0.478 e. The number of aromatic nitrogens is 5. The third-order valence-electron chi connectivity index (χ3n) is 7.06. The van der Waals surface area contributed by atoms with Crippen LogP contribution in [-0.2, 0) is 22.6 Å². The quantitative estimate of drug-likeness (QED) is 0.228. The van der Waals surface area contributed by atoms with Gasteiger partial charge < -0.3 is 25.0 Å². The number of halogens is 2. The molecule has 0 saturated carbocycles. The Labute approximate surface area is 259 Å². The van der Waals surface area contributed by atoms with Crippen LogP contribution in [0.25, 0.3) is 22.3 Å². The maximum Gasteiger partial charge on any atom is 0.328 e. The number of nitrogens with one attached hydrogen (secondary N) is 1. The summed E-state index contributed by atoms with van der Waals surface area (Å²) in [7, 11) is 4.16. The monoisotopic (exact) mass is 622 g/mol. The maximum atomic E-state index is 15.0. The van der Waals surface area contributed by atoms with Crippen molar-refractivity contribution in [3.05, 3.63) is 71.3 Å². The van der Waals surface area contributed by atoms with Gasteiger partial charge in [0.2, 0.25) is 5.95 Å². The second-order valence-corrected chi connectivity index (χ2v) is 11.1. The molecule has 12 nitrogen and oxygen atoms in total. The third-order valence-corrected chi connectivity index (χ3v) is 7.06. The van der Waals surface area contributed by atoms with Crippen LogP contribution in [-0.4, -0.2) is 90.2 Å². The summed E-state index contributed by atoms with van der Waals surface area (Å²) in [6, 6.07) is 7.02. The zero-order valence-corrected chi connectivity index (χ0v) is 25.8. The summed E-state index contributed by atoms with van der Waals surface area (Å²) in [6.07, 6.45) is 3.07. The van der Waals surface area contributed by atoms with Crippen molar-refractivity contribution in [2.24, 2.45) is 0 Å². The summed E-state index contributed by atoms with van der Waals surface area (Å²) in [5.74, 6) is -2.17. The number of nitrogens with zero attached hydrogens (tertiary/aromatic N) is 7. The summed E-state index contributed by atoms with van der Waals surface area (Å²) in [5.41, 5.74) is 3.45. The highest BCUT2D eigenvalue weighted by Crippen LogP contribution is 2.30. The predicted octanol–water partition coefficient (Wildman–Crippen LogP) is 4.43. The lowest BCUT2D eigenvalue weighted by atomic mass is 10.1. The molecule has 238 valence electrons. The van der Waals surface area contributed by atoms with E-state index in [0.29, 0.717) is 34.9 Å². The standard InChI is InChI=1S/C27H32F2N8.C4H4O4/c1-16(2)37-17(3)31-26-20(28)12-19(13-23(26)37)25-21(29)14-30-27(34-25)33-24-7-6-18-15-36(11-10-35(4)5)9-8-22(18)32-24;5-3(6)1-2-4(7)8/h6-7,12-14,16H,8-11,15H2,1-5H3,(H,30,32,33,34);1-2H,(H,5,6)(H,7,8)/b;2-1-. The first-order chi connectivity index (χ1) is 21.3. The zero-order chi connectivity index (χ0) is 32.8. The maximum absolute atomic E-state index is 15.0. The molecule has 0 saturated heterocycles. The minimum atomic E-state index is -1.26. The molecule has 3 N–H and O–H groups in total. The van der Waals surface area contributed by atoms with Crippen LogP contribution in [0.15, 0.2) is 42.6 Å². The van der Waals surface area contributed by atoms with Gasteiger partial charge in [-0.3, -0.25) is 4.90 Å². The molecule has 1 aliphatic rings. The Kier molecular flexibility index (Phi) is 10.5. The van der Waals surface area contributed by atoms with Gasteiger partial charge >= 0.3 is 11.9 Å². The number of hydrogen-bond acceptors (Lipinski definition) is 9. The van der Waals surface area contributed by atoms with Gasteiger partial charge in [-0.05, 0) is 58.6 Å². The van der Waals surface area contributed by atoms with Crippen LogP contribution in [0.5, 0.6) is 0 Å². The Balaban J connectivity index is 0.000000510. The Hall–Kier alpha value is -4.82. The molecule has 14 heteroatoms. The van der Waals surface area contributed by atoms with Crippen molar-refractivity contribution in [1.82, 2.24) is 34.3 Å². The molecule has 0 amide bonds. The number of rotatable bonds is 9. The van der Waals surface area contributed by atoms with Gasteiger partial charge in [0, 0.05) is 62.1 Å². The van der Waals surface area contributed by atoms with E-state index in [4.69, 9.17) is 15.2 Å². The first-order valence-corrected chi connectivity index (χ1v) is 14.3. The molecule has 45 heavy (non-hydrogen) atoms. The second kappa shape index (κ2) is 14.3. The Morgan fingerprint density at radius 1 is 1.07 bits per heavy atom. The summed E-state index contributed by atoms with van der Waals surface area (Å²) >= 11 is 0. The highest BCUT2D eigenvalue weighted by Gasteiger charge is 2.20. The van der Waals surface area contributed by atoms with E-state index in [2.05, 4.69) is 50.2 Å². The van der Waals surface area contributed by atoms with Crippen molar-refractivity contribution in [2.75, 3.05) is 39.0 Å². The van der Waals surface area contributed by atoms with Crippen molar-refractivity contribution < 1.29 is 28.6 Å². The number of benzene rings is 1. The van der Waals surface area contributed by atoms with Crippen molar-refractivity contribution in [2.45, 2.75) is 39.8 Å². The highest BCUT2D eigenvalue weighted by atomic mass is 19.1.